The summed E-state index contributed by atoms with van der Waals surface area (Å²) in [4.78, 5) is 0. The third kappa shape index (κ3) is 2.09. The highest BCUT2D eigenvalue weighted by Gasteiger charge is 2.04. The number of hydrogen-bond donors (Lipinski definition) is 0. The first-order valence-electron chi connectivity index (χ1n) is 4.69. The van der Waals surface area contributed by atoms with E-state index in [2.05, 4.69) is 0 Å². The van der Waals surface area contributed by atoms with E-state index in [1.807, 2.05) is 6.07 Å². The van der Waals surface area contributed by atoms with Crippen LogP contribution in [0, 0.1) is 23.0 Å². The molecule has 2 nitrogen and oxygen atoms in total. The molecule has 0 radical (unpaired) electrons. The van der Waals surface area contributed by atoms with E-state index in [4.69, 9.17) is 5.26 Å². The quantitative estimate of drug-likeness (QED) is 0.761. The maximum absolute atomic E-state index is 12.9. The van der Waals surface area contributed by atoms with Crippen LogP contribution in [0.1, 0.15) is 11.3 Å². The van der Waals surface area contributed by atoms with Gasteiger partial charge in [-0.25, -0.2) is 8.78 Å². The molecule has 16 heavy (non-hydrogen) atoms. The van der Waals surface area contributed by atoms with E-state index in [-0.39, 0.29) is 6.54 Å². The Morgan fingerprint density at radius 1 is 1.19 bits per heavy atom. The van der Waals surface area contributed by atoms with Crippen LogP contribution < -0.4 is 0 Å². The van der Waals surface area contributed by atoms with Crippen molar-refractivity contribution in [1.29, 1.82) is 5.26 Å². The van der Waals surface area contributed by atoms with Crippen LogP contribution in [-0.4, -0.2) is 4.57 Å². The van der Waals surface area contributed by atoms with Gasteiger partial charge < -0.3 is 4.57 Å². The topological polar surface area (TPSA) is 28.7 Å². The predicted octanol–water partition coefficient (Wildman–Crippen LogP) is 2.69. The van der Waals surface area contributed by atoms with Gasteiger partial charge in [0.25, 0.3) is 0 Å². The molecule has 0 unspecified atom stereocenters. The highest BCUT2D eigenvalue weighted by atomic mass is 19.1. The van der Waals surface area contributed by atoms with Crippen LogP contribution in [0.4, 0.5) is 8.78 Å². The van der Waals surface area contributed by atoms with Crippen molar-refractivity contribution in [3.63, 3.8) is 0 Å². The summed E-state index contributed by atoms with van der Waals surface area (Å²) >= 11 is 0. The van der Waals surface area contributed by atoms with Crippen LogP contribution in [0.15, 0.2) is 36.5 Å². The summed E-state index contributed by atoms with van der Waals surface area (Å²) < 4.78 is 27.5. The van der Waals surface area contributed by atoms with Gasteiger partial charge in [0.05, 0.1) is 0 Å². The Bertz CT molecular complexity index is 532. The van der Waals surface area contributed by atoms with Crippen molar-refractivity contribution in [2.75, 3.05) is 0 Å². The van der Waals surface area contributed by atoms with Gasteiger partial charge in [-0.2, -0.15) is 5.26 Å². The molecule has 1 heterocycles. The first kappa shape index (κ1) is 10.4. The molecular formula is C12H8F2N2. The fraction of sp³-hybridized carbons (Fsp3) is 0.0833. The summed E-state index contributed by atoms with van der Waals surface area (Å²) in [5.74, 6) is -1.22. The highest BCUT2D eigenvalue weighted by Crippen LogP contribution is 2.11. The molecule has 0 spiro atoms. The van der Waals surface area contributed by atoms with Crippen molar-refractivity contribution < 1.29 is 8.78 Å². The Morgan fingerprint density at radius 3 is 2.50 bits per heavy atom. The largest absolute Gasteiger partial charge is 0.335 e. The van der Waals surface area contributed by atoms with Crippen molar-refractivity contribution >= 4 is 0 Å². The SMILES string of the molecule is N#Cc1cccn1Cc1cc(F)cc(F)c1. The minimum Gasteiger partial charge on any atom is -0.335 e. The van der Waals surface area contributed by atoms with Crippen LogP contribution in [0.5, 0.6) is 0 Å². The van der Waals surface area contributed by atoms with Crippen LogP contribution in [0.3, 0.4) is 0 Å². The lowest BCUT2D eigenvalue weighted by Gasteiger charge is -2.05. The minimum atomic E-state index is -0.610. The summed E-state index contributed by atoms with van der Waals surface area (Å²) in [7, 11) is 0. The van der Waals surface area contributed by atoms with E-state index in [0.717, 1.165) is 6.07 Å². The second kappa shape index (κ2) is 4.15. The Kier molecular flexibility index (Phi) is 2.69. The molecule has 2 rings (SSSR count). The van der Waals surface area contributed by atoms with Gasteiger partial charge in [-0.3, -0.25) is 0 Å². The molecule has 2 aromatic rings. The summed E-state index contributed by atoms with van der Waals surface area (Å²) in [6, 6.07) is 8.70. The zero-order valence-electron chi connectivity index (χ0n) is 8.32. The minimum absolute atomic E-state index is 0.282. The Hall–Kier alpha value is -2.15. The van der Waals surface area contributed by atoms with Gasteiger partial charge in [0, 0.05) is 18.8 Å². The Balaban J connectivity index is 2.31. The van der Waals surface area contributed by atoms with Gasteiger partial charge in [0.2, 0.25) is 0 Å². The smallest absolute Gasteiger partial charge is 0.126 e. The summed E-state index contributed by atoms with van der Waals surface area (Å²) in [5.41, 5.74) is 0.954. The van der Waals surface area contributed by atoms with Crippen LogP contribution in [0.2, 0.25) is 0 Å². The van der Waals surface area contributed by atoms with E-state index in [1.165, 1.54) is 12.1 Å². The summed E-state index contributed by atoms with van der Waals surface area (Å²) in [6.45, 7) is 0.282. The van der Waals surface area contributed by atoms with E-state index in [9.17, 15) is 8.78 Å². The number of benzene rings is 1. The molecule has 0 atom stereocenters. The molecular weight excluding hydrogens is 210 g/mol. The van der Waals surface area contributed by atoms with Gasteiger partial charge in [-0.15, -0.1) is 0 Å². The lowest BCUT2D eigenvalue weighted by molar-refractivity contribution is 0.577. The van der Waals surface area contributed by atoms with Gasteiger partial charge in [0.1, 0.15) is 23.4 Å². The van der Waals surface area contributed by atoms with E-state index >= 15 is 0 Å². The normalized spacial score (nSPS) is 10.1. The second-order valence-electron chi connectivity index (χ2n) is 3.41. The van der Waals surface area contributed by atoms with Crippen molar-refractivity contribution in [2.45, 2.75) is 6.54 Å². The maximum atomic E-state index is 12.9. The monoisotopic (exact) mass is 218 g/mol. The fourth-order valence-corrected chi connectivity index (χ4v) is 1.55. The molecule has 0 N–H and O–H groups in total. The number of nitrogens with zero attached hydrogens (tertiary/aromatic N) is 2. The first-order valence-corrected chi connectivity index (χ1v) is 4.69. The molecule has 0 saturated carbocycles. The third-order valence-corrected chi connectivity index (χ3v) is 2.22. The zero-order valence-corrected chi connectivity index (χ0v) is 8.32. The molecule has 1 aromatic carbocycles. The maximum Gasteiger partial charge on any atom is 0.126 e. The van der Waals surface area contributed by atoms with Crippen molar-refractivity contribution in [1.82, 2.24) is 4.57 Å². The number of aromatic nitrogens is 1. The average molecular weight is 218 g/mol. The number of halogens is 2. The van der Waals surface area contributed by atoms with Crippen molar-refractivity contribution in [3.8, 4) is 6.07 Å². The zero-order chi connectivity index (χ0) is 11.5. The second-order valence-corrected chi connectivity index (χ2v) is 3.41. The number of rotatable bonds is 2. The van der Waals surface area contributed by atoms with Gasteiger partial charge in [-0.05, 0) is 29.8 Å². The van der Waals surface area contributed by atoms with E-state index in [0.29, 0.717) is 11.3 Å². The standard InChI is InChI=1S/C12H8F2N2/c13-10-4-9(5-11(14)6-10)8-16-3-1-2-12(16)7-15/h1-6H,8H2. The van der Waals surface area contributed by atoms with Gasteiger partial charge in [0.15, 0.2) is 0 Å². The molecule has 0 amide bonds. The molecule has 1 aromatic heterocycles. The summed E-state index contributed by atoms with van der Waals surface area (Å²) in [6.07, 6.45) is 1.70. The van der Waals surface area contributed by atoms with Gasteiger partial charge in [-0.1, -0.05) is 0 Å². The molecule has 0 fully saturated rings. The fourth-order valence-electron chi connectivity index (χ4n) is 1.55. The lowest BCUT2D eigenvalue weighted by atomic mass is 10.2. The predicted molar refractivity (Wildman–Crippen MR) is 54.6 cm³/mol. The molecule has 4 heteroatoms. The molecule has 0 aliphatic carbocycles. The molecule has 0 bridgehead atoms. The number of nitriles is 1. The summed E-state index contributed by atoms with van der Waals surface area (Å²) in [5, 5.41) is 8.78. The van der Waals surface area contributed by atoms with Crippen molar-refractivity contribution in [3.05, 3.63) is 59.4 Å². The van der Waals surface area contributed by atoms with Crippen LogP contribution in [-0.2, 0) is 6.54 Å². The average Bonchev–Trinajstić information content (AvgIpc) is 2.63. The molecule has 0 aliphatic heterocycles. The molecule has 0 saturated heterocycles. The Labute approximate surface area is 91.4 Å². The van der Waals surface area contributed by atoms with Crippen LogP contribution >= 0.6 is 0 Å². The molecule has 80 valence electrons. The van der Waals surface area contributed by atoms with E-state index < -0.39 is 11.6 Å². The van der Waals surface area contributed by atoms with E-state index in [1.54, 1.807) is 22.9 Å². The third-order valence-electron chi connectivity index (χ3n) is 2.22. The number of hydrogen-bond acceptors (Lipinski definition) is 1. The van der Waals surface area contributed by atoms with Crippen molar-refractivity contribution in [2.24, 2.45) is 0 Å². The van der Waals surface area contributed by atoms with Crippen LogP contribution in [0.25, 0.3) is 0 Å². The molecule has 0 aliphatic rings. The first-order chi connectivity index (χ1) is 7.69. The van der Waals surface area contributed by atoms with Gasteiger partial charge >= 0.3 is 0 Å². The highest BCUT2D eigenvalue weighted by molar-refractivity contribution is 5.25. The lowest BCUT2D eigenvalue weighted by Crippen LogP contribution is -2.01. The Morgan fingerprint density at radius 2 is 1.88 bits per heavy atom.